The van der Waals surface area contributed by atoms with Crippen molar-refractivity contribution in [1.29, 1.82) is 0 Å². The Morgan fingerprint density at radius 1 is 0.344 bits per heavy atom. The van der Waals surface area contributed by atoms with Gasteiger partial charge >= 0.3 is 39.5 Å². The van der Waals surface area contributed by atoms with Gasteiger partial charge in [-0.25, -0.2) is 9.13 Å². The Morgan fingerprint density at radius 2 is 0.600 bits per heavy atom. The summed E-state index contributed by atoms with van der Waals surface area (Å²) in [5.74, 6) is 0.0329. The minimum atomic E-state index is -4.96. The maximum absolute atomic E-state index is 13.0. The molecule has 0 bridgehead atoms. The van der Waals surface area contributed by atoms with E-state index in [1.54, 1.807) is 0 Å². The SMILES string of the molecule is CCCCCC/C=C\C=C/CCCCCCCC(=O)O[C@H](COC(=O)CCCCCCCCCC(C)C)COP(=O)(O)OCC(O)COP(=O)(O)OC[C@@H](COC(=O)CCCCCCCCCCC(C)C)OC(=O)CCCCCCCCCCCCCC(C)C. The van der Waals surface area contributed by atoms with Crippen LogP contribution in [0.15, 0.2) is 24.3 Å². The van der Waals surface area contributed by atoms with E-state index < -0.39 is 97.5 Å². The van der Waals surface area contributed by atoms with Gasteiger partial charge in [0, 0.05) is 25.7 Å². The summed E-state index contributed by atoms with van der Waals surface area (Å²) in [6, 6.07) is 0. The number of ether oxygens (including phenoxy) is 4. The molecule has 3 unspecified atom stereocenters. The van der Waals surface area contributed by atoms with E-state index >= 15 is 0 Å². The van der Waals surface area contributed by atoms with Gasteiger partial charge in [-0.2, -0.15) is 0 Å². The van der Waals surface area contributed by atoms with Crippen molar-refractivity contribution in [2.24, 2.45) is 17.8 Å². The molecule has 90 heavy (non-hydrogen) atoms. The predicted octanol–water partition coefficient (Wildman–Crippen LogP) is 19.8. The molecule has 0 spiro atoms. The first-order valence-corrected chi connectivity index (χ1v) is 39.2. The van der Waals surface area contributed by atoms with Gasteiger partial charge in [-0.3, -0.25) is 37.3 Å². The number of allylic oxidation sites excluding steroid dienone is 4. The molecule has 3 N–H and O–H groups in total. The van der Waals surface area contributed by atoms with Crippen LogP contribution in [0.1, 0.15) is 331 Å². The zero-order chi connectivity index (χ0) is 66.6. The van der Waals surface area contributed by atoms with Gasteiger partial charge < -0.3 is 33.8 Å². The number of hydrogen-bond donors (Lipinski definition) is 3. The summed E-state index contributed by atoms with van der Waals surface area (Å²) in [5, 5.41) is 10.6. The van der Waals surface area contributed by atoms with Crippen LogP contribution in [-0.4, -0.2) is 96.7 Å². The second kappa shape index (κ2) is 61.4. The fraction of sp³-hybridized carbons (Fsp3) is 0.887. The molecule has 0 aromatic rings. The highest BCUT2D eigenvalue weighted by molar-refractivity contribution is 7.47. The highest BCUT2D eigenvalue weighted by Gasteiger charge is 2.30. The lowest BCUT2D eigenvalue weighted by Crippen LogP contribution is -2.30. The monoisotopic (exact) mass is 1320 g/mol. The second-order valence-corrected chi connectivity index (χ2v) is 29.3. The fourth-order valence-electron chi connectivity index (χ4n) is 10.2. The third-order valence-corrected chi connectivity index (χ3v) is 17.7. The van der Waals surface area contributed by atoms with E-state index in [4.69, 9.17) is 37.0 Å². The van der Waals surface area contributed by atoms with E-state index in [0.717, 1.165) is 121 Å². The van der Waals surface area contributed by atoms with Crippen molar-refractivity contribution < 1.29 is 80.2 Å². The molecular weight excluding hydrogens is 1190 g/mol. The van der Waals surface area contributed by atoms with Gasteiger partial charge in [0.15, 0.2) is 12.2 Å². The fourth-order valence-corrected chi connectivity index (χ4v) is 11.8. The van der Waals surface area contributed by atoms with Crippen LogP contribution in [-0.2, 0) is 65.4 Å². The summed E-state index contributed by atoms with van der Waals surface area (Å²) in [4.78, 5) is 72.5. The molecule has 0 heterocycles. The number of rotatable bonds is 67. The first kappa shape index (κ1) is 87.5. The molecule has 0 radical (unpaired) electrons. The molecule has 0 rings (SSSR count). The summed E-state index contributed by atoms with van der Waals surface area (Å²) in [6.07, 6.45) is 48.1. The van der Waals surface area contributed by atoms with E-state index in [9.17, 15) is 43.2 Å². The minimum absolute atomic E-state index is 0.0837. The summed E-state index contributed by atoms with van der Waals surface area (Å²) >= 11 is 0. The van der Waals surface area contributed by atoms with Crippen molar-refractivity contribution in [2.75, 3.05) is 39.6 Å². The Morgan fingerprint density at radius 3 is 0.900 bits per heavy atom. The summed E-state index contributed by atoms with van der Waals surface area (Å²) in [5.41, 5.74) is 0. The molecule has 0 amide bonds. The first-order valence-electron chi connectivity index (χ1n) is 36.2. The van der Waals surface area contributed by atoms with Gasteiger partial charge in [0.1, 0.15) is 19.3 Å². The number of hydrogen-bond acceptors (Lipinski definition) is 15. The van der Waals surface area contributed by atoms with Crippen LogP contribution in [0.3, 0.4) is 0 Å². The third-order valence-electron chi connectivity index (χ3n) is 15.8. The molecule has 0 saturated heterocycles. The molecule has 0 fully saturated rings. The van der Waals surface area contributed by atoms with Crippen molar-refractivity contribution in [2.45, 2.75) is 349 Å². The molecule has 17 nitrogen and oxygen atoms in total. The Hall–Kier alpha value is -2.46. The second-order valence-electron chi connectivity index (χ2n) is 26.4. The van der Waals surface area contributed by atoms with Gasteiger partial charge in [0.05, 0.1) is 26.4 Å². The van der Waals surface area contributed by atoms with E-state index in [-0.39, 0.29) is 25.7 Å². The first-order chi connectivity index (χ1) is 43.2. The Kier molecular flexibility index (Phi) is 59.7. The number of phosphoric ester groups is 2. The number of carbonyl (C=O) groups excluding carboxylic acids is 4. The van der Waals surface area contributed by atoms with Crippen LogP contribution in [0.25, 0.3) is 0 Å². The van der Waals surface area contributed by atoms with Gasteiger partial charge in [-0.15, -0.1) is 0 Å². The third kappa shape index (κ3) is 64.3. The Bertz CT molecular complexity index is 1860. The normalized spacial score (nSPS) is 14.4. The molecule has 5 atom stereocenters. The van der Waals surface area contributed by atoms with Gasteiger partial charge in [-0.1, -0.05) is 278 Å². The number of aliphatic hydroxyl groups is 1. The molecule has 0 aliphatic carbocycles. The average molecular weight is 1320 g/mol. The zero-order valence-corrected chi connectivity index (χ0v) is 59.9. The highest BCUT2D eigenvalue weighted by Crippen LogP contribution is 2.45. The summed E-state index contributed by atoms with van der Waals surface area (Å²) in [6.45, 7) is 11.7. The maximum atomic E-state index is 13.0. The summed E-state index contributed by atoms with van der Waals surface area (Å²) in [7, 11) is -9.92. The maximum Gasteiger partial charge on any atom is 0.472 e. The minimum Gasteiger partial charge on any atom is -0.462 e. The van der Waals surface area contributed by atoms with Gasteiger partial charge in [0.25, 0.3) is 0 Å². The zero-order valence-electron chi connectivity index (χ0n) is 58.1. The van der Waals surface area contributed by atoms with Gasteiger partial charge in [-0.05, 0) is 69.1 Å². The van der Waals surface area contributed by atoms with Crippen molar-refractivity contribution >= 4 is 39.5 Å². The van der Waals surface area contributed by atoms with E-state index in [2.05, 4.69) is 72.8 Å². The number of unbranched alkanes of at least 4 members (excludes halogenated alkanes) is 32. The predicted molar refractivity (Wildman–Crippen MR) is 363 cm³/mol. The largest absolute Gasteiger partial charge is 0.472 e. The van der Waals surface area contributed by atoms with E-state index in [1.807, 2.05) is 0 Å². The molecule has 0 aliphatic heterocycles. The van der Waals surface area contributed by atoms with Gasteiger partial charge in [0.2, 0.25) is 0 Å². The van der Waals surface area contributed by atoms with Crippen molar-refractivity contribution in [3.8, 4) is 0 Å². The van der Waals surface area contributed by atoms with Crippen LogP contribution < -0.4 is 0 Å². The molecular formula is C71H134O17P2. The van der Waals surface area contributed by atoms with Crippen molar-refractivity contribution in [3.05, 3.63) is 24.3 Å². The molecule has 0 aromatic carbocycles. The number of aliphatic hydroxyl groups excluding tert-OH is 1. The number of phosphoric acid groups is 2. The van der Waals surface area contributed by atoms with Crippen LogP contribution in [0.4, 0.5) is 0 Å². The number of carbonyl (C=O) groups is 4. The molecule has 530 valence electrons. The topological polar surface area (TPSA) is 237 Å². The lowest BCUT2D eigenvalue weighted by Gasteiger charge is -2.21. The molecule has 0 aromatic heterocycles. The Balaban J connectivity index is 5.29. The highest BCUT2D eigenvalue weighted by atomic mass is 31.2. The number of esters is 4. The van der Waals surface area contributed by atoms with Crippen LogP contribution in [0, 0.1) is 17.8 Å². The van der Waals surface area contributed by atoms with Crippen molar-refractivity contribution in [3.63, 3.8) is 0 Å². The van der Waals surface area contributed by atoms with Crippen molar-refractivity contribution in [1.82, 2.24) is 0 Å². The van der Waals surface area contributed by atoms with Crippen LogP contribution >= 0.6 is 15.6 Å². The van der Waals surface area contributed by atoms with Crippen LogP contribution in [0.2, 0.25) is 0 Å². The smallest absolute Gasteiger partial charge is 0.462 e. The lowest BCUT2D eigenvalue weighted by molar-refractivity contribution is -0.161. The Labute approximate surface area is 548 Å². The standard InChI is InChI=1S/C71H134O17P2/c1-8-9-10-11-12-13-14-15-16-17-20-23-32-40-47-54-70(75)88-67(59-82-69(74)53-46-39-34-27-30-37-44-51-64(6)7)61-86-90(79,80)84-57-65(72)56-83-89(77,78)85-60-66(58-81-68(73)52-45-38-31-26-25-29-36-43-50-63(4)5)87-71(76)55-48-41-33-24-21-18-19-22-28-35-42-49-62(2)3/h13-16,62-67,72H,8-12,17-61H2,1-7H3,(H,77,78)(H,79,80)/b14-13-,16-15-/t65?,66-,67-/m1/s1. The average Bonchev–Trinajstić information content (AvgIpc) is 2.61. The van der Waals surface area contributed by atoms with E-state index in [1.165, 1.54) is 122 Å². The molecule has 0 saturated carbocycles. The van der Waals surface area contributed by atoms with E-state index in [0.29, 0.717) is 31.6 Å². The van der Waals surface area contributed by atoms with Crippen LogP contribution in [0.5, 0.6) is 0 Å². The molecule has 19 heteroatoms. The molecule has 0 aliphatic rings. The summed E-state index contributed by atoms with van der Waals surface area (Å²) < 4.78 is 68.2. The quantitative estimate of drug-likeness (QED) is 0.0169. The lowest BCUT2D eigenvalue weighted by atomic mass is 10.0.